The minimum absolute atomic E-state index is 0.0327. The predicted molar refractivity (Wildman–Crippen MR) is 68.1 cm³/mol. The first-order valence-electron chi connectivity index (χ1n) is 5.66. The summed E-state index contributed by atoms with van der Waals surface area (Å²) in [6.45, 7) is 4.16. The largest absolute Gasteiger partial charge is 0.349 e. The van der Waals surface area contributed by atoms with E-state index < -0.39 is 0 Å². The summed E-state index contributed by atoms with van der Waals surface area (Å²) < 4.78 is 0. The van der Waals surface area contributed by atoms with Crippen molar-refractivity contribution in [2.45, 2.75) is 37.6 Å². The molecule has 0 saturated heterocycles. The lowest BCUT2D eigenvalue weighted by Crippen LogP contribution is -2.43. The summed E-state index contributed by atoms with van der Waals surface area (Å²) in [7, 11) is 0. The molecule has 86 valence electrons. The van der Waals surface area contributed by atoms with Gasteiger partial charge in [-0.1, -0.05) is 13.0 Å². The van der Waals surface area contributed by atoms with Gasteiger partial charge in [0.15, 0.2) is 0 Å². The summed E-state index contributed by atoms with van der Waals surface area (Å²) in [5.41, 5.74) is 1.75. The van der Waals surface area contributed by atoms with Gasteiger partial charge in [-0.3, -0.25) is 4.79 Å². The summed E-state index contributed by atoms with van der Waals surface area (Å²) in [5, 5.41) is 3.06. The van der Waals surface area contributed by atoms with Crippen molar-refractivity contribution in [3.8, 4) is 0 Å². The number of amides is 1. The fourth-order valence-electron chi connectivity index (χ4n) is 2.14. The molecule has 1 fully saturated rings. The molecule has 1 aliphatic rings. The average molecular weight is 235 g/mol. The van der Waals surface area contributed by atoms with Crippen LogP contribution in [0.4, 0.5) is 0 Å². The number of rotatable bonds is 2. The van der Waals surface area contributed by atoms with Gasteiger partial charge in [0.1, 0.15) is 0 Å². The number of hydrogen-bond donors (Lipinski definition) is 2. The first-order chi connectivity index (χ1) is 7.56. The summed E-state index contributed by atoms with van der Waals surface area (Å²) in [5.74, 6) is 0.785. The van der Waals surface area contributed by atoms with Crippen LogP contribution >= 0.6 is 12.6 Å². The molecule has 0 heterocycles. The Balaban J connectivity index is 2.05. The van der Waals surface area contributed by atoms with Gasteiger partial charge < -0.3 is 5.32 Å². The van der Waals surface area contributed by atoms with Crippen molar-refractivity contribution in [1.82, 2.24) is 5.32 Å². The molecule has 0 atom stereocenters. The van der Waals surface area contributed by atoms with E-state index in [0.717, 1.165) is 34.8 Å². The van der Waals surface area contributed by atoms with Crippen molar-refractivity contribution >= 4 is 18.5 Å². The van der Waals surface area contributed by atoms with Gasteiger partial charge in [-0.15, -0.1) is 12.6 Å². The molecule has 1 aromatic carbocycles. The molecule has 1 amide bonds. The van der Waals surface area contributed by atoms with Crippen LogP contribution in [0.1, 0.15) is 35.7 Å². The Kier molecular flexibility index (Phi) is 3.24. The van der Waals surface area contributed by atoms with E-state index in [9.17, 15) is 4.79 Å². The summed E-state index contributed by atoms with van der Waals surface area (Å²) in [4.78, 5) is 12.8. The van der Waals surface area contributed by atoms with Gasteiger partial charge in [-0.25, -0.2) is 0 Å². The second kappa shape index (κ2) is 4.50. The molecule has 1 saturated carbocycles. The first kappa shape index (κ1) is 11.5. The SMILES string of the molecule is Cc1ccc(S)cc1C(=O)NC1CC(C)C1. The van der Waals surface area contributed by atoms with E-state index in [0.29, 0.717) is 6.04 Å². The van der Waals surface area contributed by atoms with Crippen molar-refractivity contribution in [2.24, 2.45) is 5.92 Å². The van der Waals surface area contributed by atoms with E-state index in [2.05, 4.69) is 24.9 Å². The van der Waals surface area contributed by atoms with Crippen LogP contribution in [0.25, 0.3) is 0 Å². The maximum Gasteiger partial charge on any atom is 0.251 e. The highest BCUT2D eigenvalue weighted by Crippen LogP contribution is 2.26. The molecule has 1 N–H and O–H groups in total. The Morgan fingerprint density at radius 2 is 2.12 bits per heavy atom. The van der Waals surface area contributed by atoms with Crippen molar-refractivity contribution in [3.05, 3.63) is 29.3 Å². The standard InChI is InChI=1S/C13H17NOS/c1-8-5-10(6-8)14-13(15)12-7-11(16)4-3-9(12)2/h3-4,7-8,10,16H,5-6H2,1-2H3,(H,14,15). The van der Waals surface area contributed by atoms with Gasteiger partial charge in [0, 0.05) is 16.5 Å². The quantitative estimate of drug-likeness (QED) is 0.758. The van der Waals surface area contributed by atoms with Crippen molar-refractivity contribution in [1.29, 1.82) is 0 Å². The van der Waals surface area contributed by atoms with Gasteiger partial charge in [-0.2, -0.15) is 0 Å². The number of carbonyl (C=O) groups is 1. The monoisotopic (exact) mass is 235 g/mol. The molecule has 0 spiro atoms. The van der Waals surface area contributed by atoms with Crippen molar-refractivity contribution < 1.29 is 4.79 Å². The van der Waals surface area contributed by atoms with Crippen LogP contribution in [0.3, 0.4) is 0 Å². The Bertz CT molecular complexity index is 410. The predicted octanol–water partition coefficient (Wildman–Crippen LogP) is 2.81. The molecule has 1 aromatic rings. The summed E-state index contributed by atoms with van der Waals surface area (Å²) in [6.07, 6.45) is 2.21. The summed E-state index contributed by atoms with van der Waals surface area (Å²) in [6, 6.07) is 6.03. The molecule has 0 aliphatic heterocycles. The van der Waals surface area contributed by atoms with E-state index in [1.165, 1.54) is 0 Å². The number of benzene rings is 1. The van der Waals surface area contributed by atoms with E-state index in [4.69, 9.17) is 0 Å². The van der Waals surface area contributed by atoms with Crippen molar-refractivity contribution in [3.63, 3.8) is 0 Å². The van der Waals surface area contributed by atoms with Crippen LogP contribution in [0.5, 0.6) is 0 Å². The van der Waals surface area contributed by atoms with E-state index >= 15 is 0 Å². The third-order valence-corrected chi connectivity index (χ3v) is 3.45. The molecule has 0 radical (unpaired) electrons. The fourth-order valence-corrected chi connectivity index (χ4v) is 2.34. The minimum Gasteiger partial charge on any atom is -0.349 e. The lowest BCUT2D eigenvalue weighted by atomic mass is 9.82. The highest BCUT2D eigenvalue weighted by Gasteiger charge is 2.27. The number of carbonyl (C=O) groups excluding carboxylic acids is 1. The van der Waals surface area contributed by atoms with Gasteiger partial charge in [0.25, 0.3) is 5.91 Å². The topological polar surface area (TPSA) is 29.1 Å². The number of nitrogens with one attached hydrogen (secondary N) is 1. The molecule has 3 heteroatoms. The maximum atomic E-state index is 12.0. The van der Waals surface area contributed by atoms with Crippen LogP contribution in [0, 0.1) is 12.8 Å². The number of thiol groups is 1. The molecule has 16 heavy (non-hydrogen) atoms. The number of aryl methyl sites for hydroxylation is 1. The zero-order chi connectivity index (χ0) is 11.7. The van der Waals surface area contributed by atoms with E-state index in [-0.39, 0.29) is 5.91 Å². The van der Waals surface area contributed by atoms with Crippen LogP contribution < -0.4 is 5.32 Å². The minimum atomic E-state index is 0.0327. The molecule has 2 nitrogen and oxygen atoms in total. The Morgan fingerprint density at radius 1 is 1.44 bits per heavy atom. The Labute approximate surface area is 102 Å². The average Bonchev–Trinajstić information content (AvgIpc) is 2.19. The number of hydrogen-bond acceptors (Lipinski definition) is 2. The molecule has 0 bridgehead atoms. The molecule has 1 aliphatic carbocycles. The Hall–Kier alpha value is -0.960. The molecule has 0 aromatic heterocycles. The highest BCUT2D eigenvalue weighted by molar-refractivity contribution is 7.80. The van der Waals surface area contributed by atoms with Crippen LogP contribution in [-0.4, -0.2) is 11.9 Å². The fraction of sp³-hybridized carbons (Fsp3) is 0.462. The third-order valence-electron chi connectivity index (χ3n) is 3.17. The molecular formula is C13H17NOS. The smallest absolute Gasteiger partial charge is 0.251 e. The van der Waals surface area contributed by atoms with E-state index in [1.807, 2.05) is 25.1 Å². The summed E-state index contributed by atoms with van der Waals surface area (Å²) >= 11 is 4.26. The van der Waals surface area contributed by atoms with Gasteiger partial charge in [0.05, 0.1) is 0 Å². The van der Waals surface area contributed by atoms with Crippen LogP contribution in [0.15, 0.2) is 23.1 Å². The maximum absolute atomic E-state index is 12.0. The normalized spacial score (nSPS) is 23.7. The lowest BCUT2D eigenvalue weighted by molar-refractivity contribution is 0.0895. The second-order valence-electron chi connectivity index (χ2n) is 4.75. The lowest BCUT2D eigenvalue weighted by Gasteiger charge is -2.33. The van der Waals surface area contributed by atoms with Gasteiger partial charge in [-0.05, 0) is 43.4 Å². The highest BCUT2D eigenvalue weighted by atomic mass is 32.1. The first-order valence-corrected chi connectivity index (χ1v) is 6.11. The van der Waals surface area contributed by atoms with Crippen LogP contribution in [-0.2, 0) is 0 Å². The van der Waals surface area contributed by atoms with E-state index in [1.54, 1.807) is 0 Å². The molecule has 0 unspecified atom stereocenters. The van der Waals surface area contributed by atoms with Crippen molar-refractivity contribution in [2.75, 3.05) is 0 Å². The second-order valence-corrected chi connectivity index (χ2v) is 5.26. The zero-order valence-corrected chi connectivity index (χ0v) is 10.6. The molecule has 2 rings (SSSR count). The van der Waals surface area contributed by atoms with Crippen LogP contribution in [0.2, 0.25) is 0 Å². The van der Waals surface area contributed by atoms with Gasteiger partial charge >= 0.3 is 0 Å². The van der Waals surface area contributed by atoms with Gasteiger partial charge in [0.2, 0.25) is 0 Å². The zero-order valence-electron chi connectivity index (χ0n) is 9.66. The molecular weight excluding hydrogens is 218 g/mol. The third kappa shape index (κ3) is 2.40. The Morgan fingerprint density at radius 3 is 2.75 bits per heavy atom.